The van der Waals surface area contributed by atoms with Crippen LogP contribution in [0.15, 0.2) is 53.4 Å². The van der Waals surface area contributed by atoms with E-state index in [1.807, 2.05) is 0 Å². The summed E-state index contributed by atoms with van der Waals surface area (Å²) in [7, 11) is -2.01. The zero-order chi connectivity index (χ0) is 20.9. The molecule has 2 N–H and O–H groups in total. The molecule has 0 fully saturated rings. The molecular formula is C20H25N3O4S. The molecule has 2 aromatic carbocycles. The summed E-state index contributed by atoms with van der Waals surface area (Å²) in [5.41, 5.74) is 1.51. The maximum atomic E-state index is 12.5. The number of amides is 1. The standard InChI is InChI=1S/C20H25N3O4S/c1-14(2)23(4)28(26,27)17-11-9-16(10-12-17)21-13-20(25)22-19-8-6-5-7-18(19)15(3)24/h5-12,14,21H,13H2,1-4H3,(H,22,25). The van der Waals surface area contributed by atoms with Crippen LogP contribution in [0.3, 0.4) is 0 Å². The van der Waals surface area contributed by atoms with Crippen LogP contribution in [0.25, 0.3) is 0 Å². The van der Waals surface area contributed by atoms with E-state index in [0.29, 0.717) is 16.9 Å². The molecule has 0 bridgehead atoms. The Morgan fingerprint density at radius 1 is 1.04 bits per heavy atom. The first kappa shape index (κ1) is 21.6. The fourth-order valence-corrected chi connectivity index (χ4v) is 3.83. The van der Waals surface area contributed by atoms with Crippen molar-refractivity contribution < 1.29 is 18.0 Å². The van der Waals surface area contributed by atoms with Gasteiger partial charge >= 0.3 is 0 Å². The number of hydrogen-bond donors (Lipinski definition) is 2. The lowest BCUT2D eigenvalue weighted by molar-refractivity contribution is -0.114. The molecule has 0 spiro atoms. The summed E-state index contributed by atoms with van der Waals surface area (Å²) < 4.78 is 26.2. The predicted octanol–water partition coefficient (Wildman–Crippen LogP) is 2.97. The molecule has 2 aromatic rings. The van der Waals surface area contributed by atoms with Crippen LogP contribution in [0.1, 0.15) is 31.1 Å². The normalized spacial score (nSPS) is 11.5. The molecule has 0 saturated carbocycles. The van der Waals surface area contributed by atoms with E-state index in [9.17, 15) is 18.0 Å². The van der Waals surface area contributed by atoms with E-state index in [2.05, 4.69) is 10.6 Å². The van der Waals surface area contributed by atoms with Crippen LogP contribution in [-0.4, -0.2) is 44.0 Å². The molecule has 2 rings (SSSR count). The zero-order valence-electron chi connectivity index (χ0n) is 16.4. The van der Waals surface area contributed by atoms with Crippen LogP contribution in [0, 0.1) is 0 Å². The molecule has 0 radical (unpaired) electrons. The minimum absolute atomic E-state index is 0.0236. The van der Waals surface area contributed by atoms with Crippen LogP contribution in [-0.2, 0) is 14.8 Å². The van der Waals surface area contributed by atoms with Crippen molar-refractivity contribution in [2.75, 3.05) is 24.2 Å². The minimum atomic E-state index is -3.55. The average Bonchev–Trinajstić information content (AvgIpc) is 2.66. The first-order valence-electron chi connectivity index (χ1n) is 8.84. The molecule has 0 atom stereocenters. The Morgan fingerprint density at radius 3 is 2.21 bits per heavy atom. The third-order valence-electron chi connectivity index (χ3n) is 4.29. The highest BCUT2D eigenvalue weighted by Crippen LogP contribution is 2.19. The van der Waals surface area contributed by atoms with Crippen molar-refractivity contribution in [3.63, 3.8) is 0 Å². The lowest BCUT2D eigenvalue weighted by Crippen LogP contribution is -2.33. The van der Waals surface area contributed by atoms with Crippen molar-refractivity contribution in [2.45, 2.75) is 31.7 Å². The molecular weight excluding hydrogens is 378 g/mol. The Bertz CT molecular complexity index is 954. The number of carbonyl (C=O) groups excluding carboxylic acids is 2. The van der Waals surface area contributed by atoms with Crippen LogP contribution >= 0.6 is 0 Å². The van der Waals surface area contributed by atoms with Crippen molar-refractivity contribution in [1.29, 1.82) is 0 Å². The lowest BCUT2D eigenvalue weighted by Gasteiger charge is -2.21. The van der Waals surface area contributed by atoms with Gasteiger partial charge in [-0.1, -0.05) is 12.1 Å². The fraction of sp³-hybridized carbons (Fsp3) is 0.300. The molecule has 7 nitrogen and oxygen atoms in total. The number of nitrogens with zero attached hydrogens (tertiary/aromatic N) is 1. The van der Waals surface area contributed by atoms with Crippen molar-refractivity contribution in [3.05, 3.63) is 54.1 Å². The first-order chi connectivity index (χ1) is 13.1. The van der Waals surface area contributed by atoms with Gasteiger partial charge in [-0.15, -0.1) is 0 Å². The highest BCUT2D eigenvalue weighted by Gasteiger charge is 2.22. The van der Waals surface area contributed by atoms with Gasteiger partial charge in [-0.05, 0) is 57.2 Å². The van der Waals surface area contributed by atoms with Crippen molar-refractivity contribution in [2.24, 2.45) is 0 Å². The Labute approximate surface area is 165 Å². The van der Waals surface area contributed by atoms with Crippen LogP contribution in [0.4, 0.5) is 11.4 Å². The smallest absolute Gasteiger partial charge is 0.243 e. The van der Waals surface area contributed by atoms with Gasteiger partial charge in [0.2, 0.25) is 15.9 Å². The Balaban J connectivity index is 2.00. The topological polar surface area (TPSA) is 95.6 Å². The van der Waals surface area contributed by atoms with Gasteiger partial charge in [0, 0.05) is 24.3 Å². The summed E-state index contributed by atoms with van der Waals surface area (Å²) in [6.45, 7) is 5.02. The molecule has 0 saturated heterocycles. The van der Waals surface area contributed by atoms with Gasteiger partial charge in [0.25, 0.3) is 0 Å². The molecule has 28 heavy (non-hydrogen) atoms. The lowest BCUT2D eigenvalue weighted by atomic mass is 10.1. The number of Topliss-reactive ketones (excluding diaryl/α,β-unsaturated/α-hetero) is 1. The van der Waals surface area contributed by atoms with E-state index >= 15 is 0 Å². The average molecular weight is 404 g/mol. The van der Waals surface area contributed by atoms with E-state index in [4.69, 9.17) is 0 Å². The maximum absolute atomic E-state index is 12.5. The predicted molar refractivity (Wildman–Crippen MR) is 110 cm³/mol. The molecule has 1 amide bonds. The van der Waals surface area contributed by atoms with Crippen LogP contribution in [0.2, 0.25) is 0 Å². The summed E-state index contributed by atoms with van der Waals surface area (Å²) in [6, 6.07) is 12.9. The van der Waals surface area contributed by atoms with Crippen molar-refractivity contribution >= 4 is 33.1 Å². The highest BCUT2D eigenvalue weighted by atomic mass is 32.2. The molecule has 0 heterocycles. The molecule has 0 unspecified atom stereocenters. The van der Waals surface area contributed by atoms with Crippen molar-refractivity contribution in [3.8, 4) is 0 Å². The van der Waals surface area contributed by atoms with Gasteiger partial charge in [-0.2, -0.15) is 4.31 Å². The van der Waals surface area contributed by atoms with Crippen LogP contribution < -0.4 is 10.6 Å². The molecule has 150 valence electrons. The molecule has 0 aliphatic rings. The number of anilines is 2. The first-order valence-corrected chi connectivity index (χ1v) is 10.3. The van der Waals surface area contributed by atoms with Crippen molar-refractivity contribution in [1.82, 2.24) is 4.31 Å². The summed E-state index contributed by atoms with van der Waals surface area (Å²) in [6.07, 6.45) is 0. The Hall–Kier alpha value is -2.71. The Kier molecular flexibility index (Phi) is 6.93. The summed E-state index contributed by atoms with van der Waals surface area (Å²) in [4.78, 5) is 24.0. The highest BCUT2D eigenvalue weighted by molar-refractivity contribution is 7.89. The summed E-state index contributed by atoms with van der Waals surface area (Å²) in [5, 5.41) is 5.64. The number of nitrogens with one attached hydrogen (secondary N) is 2. The van der Waals surface area contributed by atoms with E-state index in [0.717, 1.165) is 0 Å². The number of ketones is 1. The van der Waals surface area contributed by atoms with E-state index in [1.165, 1.54) is 30.4 Å². The summed E-state index contributed by atoms with van der Waals surface area (Å²) in [5.74, 6) is -0.447. The van der Waals surface area contributed by atoms with Gasteiger partial charge in [-0.3, -0.25) is 9.59 Å². The number of sulfonamides is 1. The van der Waals surface area contributed by atoms with E-state index in [1.54, 1.807) is 50.2 Å². The number of para-hydroxylation sites is 1. The molecule has 0 aliphatic carbocycles. The van der Waals surface area contributed by atoms with Gasteiger partial charge in [0.1, 0.15) is 0 Å². The SMILES string of the molecule is CC(=O)c1ccccc1NC(=O)CNc1ccc(S(=O)(=O)N(C)C(C)C)cc1. The molecule has 0 aliphatic heterocycles. The molecule has 0 aromatic heterocycles. The number of carbonyl (C=O) groups is 2. The fourth-order valence-electron chi connectivity index (χ4n) is 2.46. The second kappa shape index (κ2) is 8.99. The van der Waals surface area contributed by atoms with Gasteiger partial charge in [0.15, 0.2) is 5.78 Å². The molecule has 8 heteroatoms. The minimum Gasteiger partial charge on any atom is -0.376 e. The zero-order valence-corrected chi connectivity index (χ0v) is 17.2. The monoisotopic (exact) mass is 403 g/mol. The third-order valence-corrected chi connectivity index (χ3v) is 6.34. The number of hydrogen-bond acceptors (Lipinski definition) is 5. The Morgan fingerprint density at radius 2 is 1.64 bits per heavy atom. The van der Waals surface area contributed by atoms with Gasteiger partial charge in [-0.25, -0.2) is 8.42 Å². The second-order valence-corrected chi connectivity index (χ2v) is 8.64. The largest absolute Gasteiger partial charge is 0.376 e. The number of rotatable bonds is 8. The van der Waals surface area contributed by atoms with Crippen LogP contribution in [0.5, 0.6) is 0 Å². The third kappa shape index (κ3) is 5.17. The quantitative estimate of drug-likeness (QED) is 0.661. The number of benzene rings is 2. The maximum Gasteiger partial charge on any atom is 0.243 e. The second-order valence-electron chi connectivity index (χ2n) is 6.64. The van der Waals surface area contributed by atoms with Gasteiger partial charge in [0.05, 0.1) is 17.1 Å². The van der Waals surface area contributed by atoms with E-state index in [-0.39, 0.29) is 29.2 Å². The van der Waals surface area contributed by atoms with Gasteiger partial charge < -0.3 is 10.6 Å². The van der Waals surface area contributed by atoms with E-state index < -0.39 is 10.0 Å². The summed E-state index contributed by atoms with van der Waals surface area (Å²) >= 11 is 0.